The van der Waals surface area contributed by atoms with Gasteiger partial charge in [-0.2, -0.15) is 0 Å². The molecule has 0 radical (unpaired) electrons. The van der Waals surface area contributed by atoms with Gasteiger partial charge in [0.2, 0.25) is 0 Å². The van der Waals surface area contributed by atoms with Gasteiger partial charge in [0.15, 0.2) is 5.13 Å². The predicted molar refractivity (Wildman–Crippen MR) is 106 cm³/mol. The van der Waals surface area contributed by atoms with Crippen molar-refractivity contribution in [2.45, 2.75) is 6.42 Å². The van der Waals surface area contributed by atoms with E-state index in [1.807, 2.05) is 0 Å². The number of rotatable bonds is 2. The highest BCUT2D eigenvalue weighted by Gasteiger charge is 2.20. The summed E-state index contributed by atoms with van der Waals surface area (Å²) in [6.45, 7) is 4.37. The van der Waals surface area contributed by atoms with Crippen molar-refractivity contribution >= 4 is 16.5 Å². The normalized spacial score (nSPS) is 16.8. The first kappa shape index (κ1) is 15.1. The van der Waals surface area contributed by atoms with Crippen molar-refractivity contribution in [3.63, 3.8) is 0 Å². The minimum atomic E-state index is 1.05. The molecule has 126 valence electrons. The zero-order valence-corrected chi connectivity index (χ0v) is 15.2. The van der Waals surface area contributed by atoms with E-state index in [0.29, 0.717) is 0 Å². The van der Waals surface area contributed by atoms with Gasteiger partial charge in [-0.15, -0.1) is 11.3 Å². The van der Waals surface area contributed by atoms with Gasteiger partial charge in [0.1, 0.15) is 0 Å². The third-order valence-electron chi connectivity index (χ3n) is 5.36. The summed E-state index contributed by atoms with van der Waals surface area (Å²) in [7, 11) is 2.19. The first-order valence-corrected chi connectivity index (χ1v) is 9.76. The number of aromatic nitrogens is 1. The van der Waals surface area contributed by atoms with Crippen molar-refractivity contribution in [2.75, 3.05) is 38.1 Å². The summed E-state index contributed by atoms with van der Waals surface area (Å²) < 4.78 is 0. The van der Waals surface area contributed by atoms with Gasteiger partial charge in [0.05, 0.1) is 5.69 Å². The minimum Gasteiger partial charge on any atom is -0.346 e. The molecule has 2 heterocycles. The Morgan fingerprint density at radius 2 is 1.72 bits per heavy atom. The number of benzene rings is 2. The Morgan fingerprint density at radius 1 is 0.920 bits per heavy atom. The van der Waals surface area contributed by atoms with Gasteiger partial charge >= 0.3 is 0 Å². The van der Waals surface area contributed by atoms with Crippen LogP contribution in [0.15, 0.2) is 47.8 Å². The number of nitrogens with zero attached hydrogens (tertiary/aromatic N) is 3. The second-order valence-corrected chi connectivity index (χ2v) is 7.85. The molecule has 4 heteroatoms. The molecule has 1 aliphatic carbocycles. The van der Waals surface area contributed by atoms with Crippen LogP contribution < -0.4 is 4.90 Å². The van der Waals surface area contributed by atoms with Crippen molar-refractivity contribution in [1.29, 1.82) is 0 Å². The lowest BCUT2D eigenvalue weighted by Crippen LogP contribution is -2.44. The number of piperazine rings is 1. The van der Waals surface area contributed by atoms with Crippen LogP contribution in [0.4, 0.5) is 5.13 Å². The molecule has 0 unspecified atom stereocenters. The molecule has 3 aromatic rings. The molecule has 3 nitrogen and oxygen atoms in total. The zero-order chi connectivity index (χ0) is 16.8. The fraction of sp³-hybridized carbons (Fsp3) is 0.286. The first-order chi connectivity index (χ1) is 12.3. The van der Waals surface area contributed by atoms with E-state index in [-0.39, 0.29) is 0 Å². The Morgan fingerprint density at radius 3 is 2.60 bits per heavy atom. The van der Waals surface area contributed by atoms with E-state index in [1.165, 1.54) is 27.8 Å². The Hall–Kier alpha value is -2.17. The highest BCUT2D eigenvalue weighted by molar-refractivity contribution is 7.14. The van der Waals surface area contributed by atoms with E-state index in [2.05, 4.69) is 64.7 Å². The Bertz CT molecular complexity index is 922. The smallest absolute Gasteiger partial charge is 0.185 e. The van der Waals surface area contributed by atoms with E-state index in [4.69, 9.17) is 4.98 Å². The molecule has 1 fully saturated rings. The van der Waals surface area contributed by atoms with Gasteiger partial charge in [-0.3, -0.25) is 0 Å². The summed E-state index contributed by atoms with van der Waals surface area (Å²) in [5.41, 5.74) is 7.96. The van der Waals surface area contributed by atoms with Crippen LogP contribution in [0.5, 0.6) is 0 Å². The molecule has 2 aliphatic rings. The Balaban J connectivity index is 1.46. The molecule has 1 aromatic heterocycles. The second-order valence-electron chi connectivity index (χ2n) is 7.01. The van der Waals surface area contributed by atoms with Crippen LogP contribution in [-0.4, -0.2) is 43.1 Å². The quantitative estimate of drug-likeness (QED) is 0.543. The van der Waals surface area contributed by atoms with Gasteiger partial charge < -0.3 is 9.80 Å². The SMILES string of the molecule is CN1CCN(c2nc(-c3ccc4c(c3)-c3ccccc3C4)cs2)CC1. The monoisotopic (exact) mass is 347 g/mol. The molecule has 1 saturated heterocycles. The highest BCUT2D eigenvalue weighted by Crippen LogP contribution is 2.39. The van der Waals surface area contributed by atoms with Crippen LogP contribution in [0.3, 0.4) is 0 Å². The van der Waals surface area contributed by atoms with Crippen LogP contribution in [0, 0.1) is 0 Å². The maximum atomic E-state index is 4.94. The summed E-state index contributed by atoms with van der Waals surface area (Å²) in [6.07, 6.45) is 1.05. The molecule has 0 N–H and O–H groups in total. The number of thiazole rings is 1. The molecule has 0 saturated carbocycles. The zero-order valence-electron chi connectivity index (χ0n) is 14.4. The van der Waals surface area contributed by atoms with Crippen LogP contribution in [0.1, 0.15) is 11.1 Å². The molecule has 25 heavy (non-hydrogen) atoms. The molecule has 0 bridgehead atoms. The number of hydrogen-bond acceptors (Lipinski definition) is 4. The van der Waals surface area contributed by atoms with Crippen LogP contribution in [0.25, 0.3) is 22.4 Å². The number of anilines is 1. The summed E-state index contributed by atoms with van der Waals surface area (Å²) in [4.78, 5) is 9.73. The maximum Gasteiger partial charge on any atom is 0.185 e. The third-order valence-corrected chi connectivity index (χ3v) is 6.26. The summed E-state index contributed by atoms with van der Waals surface area (Å²) in [5, 5.41) is 3.36. The number of fused-ring (bicyclic) bond motifs is 3. The molecular weight excluding hydrogens is 326 g/mol. The Labute approximate surface area is 152 Å². The van der Waals surface area contributed by atoms with E-state index < -0.39 is 0 Å². The van der Waals surface area contributed by atoms with Crippen LogP contribution in [-0.2, 0) is 6.42 Å². The highest BCUT2D eigenvalue weighted by atomic mass is 32.1. The van der Waals surface area contributed by atoms with Gasteiger partial charge in [-0.25, -0.2) is 4.98 Å². The second kappa shape index (κ2) is 5.97. The summed E-state index contributed by atoms with van der Waals surface area (Å²) in [5.74, 6) is 0. The lowest BCUT2D eigenvalue weighted by Gasteiger charge is -2.32. The molecule has 5 rings (SSSR count). The van der Waals surface area contributed by atoms with Crippen molar-refractivity contribution in [1.82, 2.24) is 9.88 Å². The standard InChI is InChI=1S/C21H21N3S/c1-23-8-10-24(11-9-23)21-22-20(14-25-21)17-7-6-16-12-15-4-2-3-5-18(15)19(16)13-17/h2-7,13-14H,8-12H2,1H3. The van der Waals surface area contributed by atoms with Gasteiger partial charge in [0, 0.05) is 37.1 Å². The van der Waals surface area contributed by atoms with Crippen molar-refractivity contribution in [2.24, 2.45) is 0 Å². The molecule has 0 amide bonds. The third kappa shape index (κ3) is 2.66. The average molecular weight is 347 g/mol. The largest absolute Gasteiger partial charge is 0.346 e. The molecular formula is C21H21N3S. The lowest BCUT2D eigenvalue weighted by molar-refractivity contribution is 0.313. The van der Waals surface area contributed by atoms with Gasteiger partial charge in [-0.05, 0) is 41.8 Å². The summed E-state index contributed by atoms with van der Waals surface area (Å²) in [6, 6.07) is 15.6. The van der Waals surface area contributed by atoms with Gasteiger partial charge in [0.25, 0.3) is 0 Å². The minimum absolute atomic E-state index is 1.05. The van der Waals surface area contributed by atoms with Crippen molar-refractivity contribution in [3.8, 4) is 22.4 Å². The van der Waals surface area contributed by atoms with Crippen molar-refractivity contribution in [3.05, 3.63) is 59.0 Å². The molecule has 0 atom stereocenters. The predicted octanol–water partition coefficient (Wildman–Crippen LogP) is 4.13. The van der Waals surface area contributed by atoms with Gasteiger partial charge in [-0.1, -0.05) is 36.4 Å². The topological polar surface area (TPSA) is 19.4 Å². The summed E-state index contributed by atoms with van der Waals surface area (Å²) >= 11 is 1.77. The lowest BCUT2D eigenvalue weighted by atomic mass is 10.0. The molecule has 1 aliphatic heterocycles. The van der Waals surface area contributed by atoms with Crippen LogP contribution in [0.2, 0.25) is 0 Å². The van der Waals surface area contributed by atoms with Crippen molar-refractivity contribution < 1.29 is 0 Å². The number of likely N-dealkylation sites (N-methyl/N-ethyl adjacent to an activating group) is 1. The van der Waals surface area contributed by atoms with E-state index in [9.17, 15) is 0 Å². The van der Waals surface area contributed by atoms with E-state index in [1.54, 1.807) is 11.3 Å². The molecule has 2 aromatic carbocycles. The van der Waals surface area contributed by atoms with E-state index in [0.717, 1.165) is 43.4 Å². The molecule has 0 spiro atoms. The maximum absolute atomic E-state index is 4.94. The van der Waals surface area contributed by atoms with Crippen LogP contribution >= 0.6 is 11.3 Å². The Kier molecular flexibility index (Phi) is 3.61. The van der Waals surface area contributed by atoms with E-state index >= 15 is 0 Å². The fourth-order valence-electron chi connectivity index (χ4n) is 3.82. The first-order valence-electron chi connectivity index (χ1n) is 8.88. The number of hydrogen-bond donors (Lipinski definition) is 0. The average Bonchev–Trinajstić information content (AvgIpc) is 3.26. The fourth-order valence-corrected chi connectivity index (χ4v) is 4.71.